The van der Waals surface area contributed by atoms with Crippen molar-refractivity contribution >= 4 is 32.6 Å². The van der Waals surface area contributed by atoms with Gasteiger partial charge in [0.2, 0.25) is 11.9 Å². The third-order valence-corrected chi connectivity index (χ3v) is 6.67. The summed E-state index contributed by atoms with van der Waals surface area (Å²) in [6.45, 7) is 12.4. The Morgan fingerprint density at radius 1 is 1.27 bits per heavy atom. The highest BCUT2D eigenvalue weighted by molar-refractivity contribution is 7.90. The molecule has 7 nitrogen and oxygen atoms in total. The van der Waals surface area contributed by atoms with Crippen molar-refractivity contribution in [3.05, 3.63) is 36.0 Å². The summed E-state index contributed by atoms with van der Waals surface area (Å²) >= 11 is 0. The zero-order valence-electron chi connectivity index (χ0n) is 18.2. The second-order valence-corrected chi connectivity index (χ2v) is 10.1. The van der Waals surface area contributed by atoms with E-state index in [1.807, 2.05) is 25.7 Å². The molecule has 2 aromatic rings. The summed E-state index contributed by atoms with van der Waals surface area (Å²) in [4.78, 5) is 26.3. The Kier molecular flexibility index (Phi) is 6.45. The van der Waals surface area contributed by atoms with E-state index in [0.717, 1.165) is 29.5 Å². The first kappa shape index (κ1) is 22.2. The van der Waals surface area contributed by atoms with Crippen molar-refractivity contribution < 1.29 is 13.2 Å². The number of nitrogens with zero attached hydrogens (tertiary/aromatic N) is 4. The minimum absolute atomic E-state index is 0.000981. The number of amides is 1. The van der Waals surface area contributed by atoms with Crippen LogP contribution >= 0.6 is 0 Å². The van der Waals surface area contributed by atoms with E-state index < -0.39 is 9.84 Å². The van der Waals surface area contributed by atoms with E-state index in [4.69, 9.17) is 0 Å². The van der Waals surface area contributed by atoms with E-state index in [-0.39, 0.29) is 16.7 Å². The molecule has 3 rings (SSSR count). The second-order valence-electron chi connectivity index (χ2n) is 8.13. The number of benzene rings is 1. The maximum Gasteiger partial charge on any atom is 0.226 e. The van der Waals surface area contributed by atoms with E-state index in [1.54, 1.807) is 18.2 Å². The summed E-state index contributed by atoms with van der Waals surface area (Å²) < 4.78 is 23.8. The van der Waals surface area contributed by atoms with Crippen LogP contribution in [0.3, 0.4) is 0 Å². The Labute approximate surface area is 178 Å². The number of likely N-dealkylation sites (N-methyl/N-ethyl adjacent to an activating group) is 1. The molecule has 1 amide bonds. The van der Waals surface area contributed by atoms with E-state index >= 15 is 0 Å². The van der Waals surface area contributed by atoms with Crippen molar-refractivity contribution in [2.75, 3.05) is 37.3 Å². The Bertz CT molecular complexity index is 1070. The summed E-state index contributed by atoms with van der Waals surface area (Å²) in [6.07, 6.45) is 2.68. The van der Waals surface area contributed by atoms with Gasteiger partial charge in [0.1, 0.15) is 0 Å². The highest BCUT2D eigenvalue weighted by atomic mass is 32.2. The first-order valence-corrected chi connectivity index (χ1v) is 12.2. The number of aromatic nitrogens is 2. The van der Waals surface area contributed by atoms with Crippen LogP contribution in [0.5, 0.6) is 0 Å². The van der Waals surface area contributed by atoms with Crippen LogP contribution in [0.2, 0.25) is 0 Å². The van der Waals surface area contributed by atoms with Gasteiger partial charge in [0, 0.05) is 43.7 Å². The van der Waals surface area contributed by atoms with Gasteiger partial charge in [0.25, 0.3) is 0 Å². The number of hydrogen-bond acceptors (Lipinski definition) is 6. The van der Waals surface area contributed by atoms with Gasteiger partial charge in [0.05, 0.1) is 16.1 Å². The molecule has 30 heavy (non-hydrogen) atoms. The molecule has 0 radical (unpaired) electrons. The number of fused-ring (bicyclic) bond motifs is 1. The molecule has 1 aromatic heterocycles. The molecular weight excluding hydrogens is 400 g/mol. The van der Waals surface area contributed by atoms with Crippen molar-refractivity contribution in [3.63, 3.8) is 0 Å². The van der Waals surface area contributed by atoms with Crippen LogP contribution < -0.4 is 4.90 Å². The van der Waals surface area contributed by atoms with Crippen molar-refractivity contribution in [2.24, 2.45) is 5.92 Å². The lowest BCUT2D eigenvalue weighted by molar-refractivity contribution is -0.135. The molecular formula is C22H30N4O3S. The van der Waals surface area contributed by atoms with Crippen LogP contribution in [0, 0.1) is 12.8 Å². The second kappa shape index (κ2) is 8.71. The molecule has 1 aliphatic heterocycles. The van der Waals surface area contributed by atoms with Crippen molar-refractivity contribution in [3.8, 4) is 0 Å². The van der Waals surface area contributed by atoms with Crippen LogP contribution in [-0.2, 0) is 14.6 Å². The summed E-state index contributed by atoms with van der Waals surface area (Å²) in [5.41, 5.74) is 2.42. The predicted octanol–water partition coefficient (Wildman–Crippen LogP) is 2.98. The maximum absolute atomic E-state index is 12.8. The van der Waals surface area contributed by atoms with Gasteiger partial charge in [-0.25, -0.2) is 18.4 Å². The lowest BCUT2D eigenvalue weighted by atomic mass is 9.95. The number of anilines is 1. The minimum atomic E-state index is -3.30. The molecule has 0 atom stereocenters. The molecule has 0 N–H and O–H groups in total. The zero-order chi connectivity index (χ0) is 22.1. The molecule has 8 heteroatoms. The Balaban J connectivity index is 1.78. The molecule has 0 saturated carbocycles. The number of carbonyl (C=O) groups is 1. The maximum atomic E-state index is 12.8. The lowest BCUT2D eigenvalue weighted by Gasteiger charge is -2.34. The average Bonchev–Trinajstić information content (AvgIpc) is 2.70. The predicted molar refractivity (Wildman–Crippen MR) is 119 cm³/mol. The van der Waals surface area contributed by atoms with Gasteiger partial charge in [-0.15, -0.1) is 0 Å². The minimum Gasteiger partial charge on any atom is -0.341 e. The normalized spacial score (nSPS) is 15.4. The van der Waals surface area contributed by atoms with E-state index in [9.17, 15) is 13.2 Å². The van der Waals surface area contributed by atoms with Crippen molar-refractivity contribution in [1.82, 2.24) is 14.9 Å². The van der Waals surface area contributed by atoms with E-state index in [2.05, 4.69) is 21.4 Å². The zero-order valence-corrected chi connectivity index (χ0v) is 19.0. The molecule has 0 aliphatic carbocycles. The lowest BCUT2D eigenvalue weighted by Crippen LogP contribution is -2.43. The third-order valence-electron chi connectivity index (χ3n) is 5.56. The standard InChI is InChI=1S/C22H30N4O3S/c1-6-25(14-15(2)3)21(27)17-9-11-26(12-10-17)22-23-16(4)19-8-7-18(30(5,28)29)13-20(19)24-22/h7-8,13,17H,2,6,9-12,14H2,1,3-5H3. The molecule has 2 heterocycles. The molecule has 1 fully saturated rings. The first-order valence-electron chi connectivity index (χ1n) is 10.3. The SMILES string of the molecule is C=C(C)CN(CC)C(=O)C1CCN(c2nc(C)c3ccc(S(C)(=O)=O)cc3n2)CC1. The Morgan fingerprint density at radius 2 is 1.93 bits per heavy atom. The number of rotatable bonds is 6. The molecule has 1 saturated heterocycles. The topological polar surface area (TPSA) is 83.5 Å². The van der Waals surface area contributed by atoms with Crippen LogP contribution in [0.4, 0.5) is 5.95 Å². The van der Waals surface area contributed by atoms with Gasteiger partial charge >= 0.3 is 0 Å². The number of carbonyl (C=O) groups excluding carboxylic acids is 1. The number of sulfone groups is 1. The van der Waals surface area contributed by atoms with Gasteiger partial charge in [-0.3, -0.25) is 4.79 Å². The summed E-state index contributed by atoms with van der Waals surface area (Å²) in [6, 6.07) is 4.96. The summed E-state index contributed by atoms with van der Waals surface area (Å²) in [5, 5.41) is 0.842. The molecule has 1 aliphatic rings. The molecule has 162 valence electrons. The van der Waals surface area contributed by atoms with Crippen LogP contribution in [0.1, 0.15) is 32.4 Å². The molecule has 1 aromatic carbocycles. The smallest absolute Gasteiger partial charge is 0.226 e. The largest absolute Gasteiger partial charge is 0.341 e. The van der Waals surface area contributed by atoms with Gasteiger partial charge in [-0.1, -0.05) is 12.2 Å². The molecule has 0 spiro atoms. The summed E-state index contributed by atoms with van der Waals surface area (Å²) in [7, 11) is -3.30. The van der Waals surface area contributed by atoms with Gasteiger partial charge in [0.15, 0.2) is 9.84 Å². The van der Waals surface area contributed by atoms with Crippen molar-refractivity contribution in [2.45, 2.75) is 38.5 Å². The van der Waals surface area contributed by atoms with Gasteiger partial charge in [-0.05, 0) is 51.8 Å². The average molecular weight is 431 g/mol. The van der Waals surface area contributed by atoms with Crippen LogP contribution in [0.15, 0.2) is 35.2 Å². The van der Waals surface area contributed by atoms with Crippen LogP contribution in [0.25, 0.3) is 10.9 Å². The Morgan fingerprint density at radius 3 is 2.50 bits per heavy atom. The summed E-state index contributed by atoms with van der Waals surface area (Å²) in [5.74, 6) is 0.776. The van der Waals surface area contributed by atoms with Crippen molar-refractivity contribution in [1.29, 1.82) is 0 Å². The fourth-order valence-corrected chi connectivity index (χ4v) is 4.52. The number of aryl methyl sites for hydroxylation is 1. The molecule has 0 unspecified atom stereocenters. The first-order chi connectivity index (χ1) is 14.1. The number of hydrogen-bond donors (Lipinski definition) is 0. The fourth-order valence-electron chi connectivity index (χ4n) is 3.88. The monoisotopic (exact) mass is 430 g/mol. The van der Waals surface area contributed by atoms with Gasteiger partial charge in [-0.2, -0.15) is 0 Å². The van der Waals surface area contributed by atoms with Gasteiger partial charge < -0.3 is 9.80 Å². The van der Waals surface area contributed by atoms with E-state index in [0.29, 0.717) is 37.6 Å². The third kappa shape index (κ3) is 4.80. The number of piperidine rings is 1. The highest BCUT2D eigenvalue weighted by Crippen LogP contribution is 2.26. The molecule has 0 bridgehead atoms. The quantitative estimate of drug-likeness (QED) is 0.655. The fraction of sp³-hybridized carbons (Fsp3) is 0.500. The highest BCUT2D eigenvalue weighted by Gasteiger charge is 2.29. The van der Waals surface area contributed by atoms with E-state index in [1.165, 1.54) is 6.26 Å². The van der Waals surface area contributed by atoms with Crippen LogP contribution in [-0.4, -0.2) is 61.6 Å². The Hall–Kier alpha value is -2.48.